The second kappa shape index (κ2) is 7.97. The minimum atomic E-state index is -0.216. The Morgan fingerprint density at radius 2 is 1.55 bits per heavy atom. The summed E-state index contributed by atoms with van der Waals surface area (Å²) < 4.78 is 0. The summed E-state index contributed by atoms with van der Waals surface area (Å²) in [5.74, 6) is 0. The Labute approximate surface area is 133 Å². The highest BCUT2D eigenvalue weighted by molar-refractivity contribution is 5.49. The number of aliphatic hydroxyl groups excluding tert-OH is 1. The first-order valence-corrected chi connectivity index (χ1v) is 7.86. The van der Waals surface area contributed by atoms with E-state index in [4.69, 9.17) is 10.8 Å². The Kier molecular flexibility index (Phi) is 5.99. The van der Waals surface area contributed by atoms with Crippen LogP contribution in [0.4, 0.5) is 5.69 Å². The highest BCUT2D eigenvalue weighted by atomic mass is 16.3. The van der Waals surface area contributed by atoms with E-state index in [0.29, 0.717) is 12.6 Å². The first-order valence-electron chi connectivity index (χ1n) is 7.86. The van der Waals surface area contributed by atoms with E-state index in [1.54, 1.807) is 0 Å². The van der Waals surface area contributed by atoms with Crippen molar-refractivity contribution >= 4 is 5.69 Å². The Balaban J connectivity index is 2.09. The molecule has 0 spiro atoms. The molecule has 0 bridgehead atoms. The zero-order chi connectivity index (χ0) is 15.9. The van der Waals surface area contributed by atoms with E-state index < -0.39 is 0 Å². The zero-order valence-corrected chi connectivity index (χ0v) is 13.4. The molecule has 0 fully saturated rings. The van der Waals surface area contributed by atoms with Crippen LogP contribution in [0.25, 0.3) is 0 Å². The van der Waals surface area contributed by atoms with E-state index in [9.17, 15) is 0 Å². The zero-order valence-electron chi connectivity index (χ0n) is 13.4. The normalized spacial score (nSPS) is 12.4. The standard InChI is InChI=1S/C19H26N2O/c1-15(2)21(13-18(20)14-22)19-10-8-17(9-11-19)12-16-6-4-3-5-7-16/h3-11,15,18,22H,12-14,20H2,1-2H3/t18-/m0/s1. The Bertz CT molecular complexity index is 551. The second-order valence-corrected chi connectivity index (χ2v) is 6.02. The van der Waals surface area contributed by atoms with Gasteiger partial charge in [-0.15, -0.1) is 0 Å². The van der Waals surface area contributed by atoms with E-state index in [-0.39, 0.29) is 12.6 Å². The summed E-state index contributed by atoms with van der Waals surface area (Å²) in [6.45, 7) is 4.95. The van der Waals surface area contributed by atoms with Crippen LogP contribution < -0.4 is 10.6 Å². The molecule has 0 aromatic heterocycles. The molecule has 0 unspecified atom stereocenters. The van der Waals surface area contributed by atoms with Gasteiger partial charge in [-0.25, -0.2) is 0 Å². The number of hydrogen-bond donors (Lipinski definition) is 2. The summed E-state index contributed by atoms with van der Waals surface area (Å²) >= 11 is 0. The molecule has 2 aromatic carbocycles. The monoisotopic (exact) mass is 298 g/mol. The molecule has 0 saturated carbocycles. The maximum Gasteiger partial charge on any atom is 0.0599 e. The summed E-state index contributed by atoms with van der Waals surface area (Å²) in [5, 5.41) is 9.17. The van der Waals surface area contributed by atoms with Gasteiger partial charge in [-0.05, 0) is 43.5 Å². The molecule has 0 aliphatic heterocycles. The second-order valence-electron chi connectivity index (χ2n) is 6.02. The van der Waals surface area contributed by atoms with E-state index in [1.165, 1.54) is 11.1 Å². The van der Waals surface area contributed by atoms with Crippen molar-refractivity contribution in [3.63, 3.8) is 0 Å². The van der Waals surface area contributed by atoms with Gasteiger partial charge in [-0.3, -0.25) is 0 Å². The van der Waals surface area contributed by atoms with Crippen molar-refractivity contribution in [1.29, 1.82) is 0 Å². The van der Waals surface area contributed by atoms with Gasteiger partial charge in [0.1, 0.15) is 0 Å². The fourth-order valence-corrected chi connectivity index (χ4v) is 2.56. The average molecular weight is 298 g/mol. The maximum absolute atomic E-state index is 9.17. The molecule has 118 valence electrons. The Morgan fingerprint density at radius 1 is 0.955 bits per heavy atom. The van der Waals surface area contributed by atoms with Crippen LogP contribution in [0, 0.1) is 0 Å². The average Bonchev–Trinajstić information content (AvgIpc) is 2.54. The van der Waals surface area contributed by atoms with Crippen LogP contribution in [-0.4, -0.2) is 30.3 Å². The van der Waals surface area contributed by atoms with Crippen LogP contribution in [-0.2, 0) is 6.42 Å². The van der Waals surface area contributed by atoms with Gasteiger partial charge in [0.15, 0.2) is 0 Å². The van der Waals surface area contributed by atoms with Crippen molar-refractivity contribution < 1.29 is 5.11 Å². The lowest BCUT2D eigenvalue weighted by atomic mass is 10.0. The van der Waals surface area contributed by atoms with Crippen molar-refractivity contribution in [2.75, 3.05) is 18.1 Å². The summed E-state index contributed by atoms with van der Waals surface area (Å²) in [5.41, 5.74) is 9.65. The summed E-state index contributed by atoms with van der Waals surface area (Å²) in [6.07, 6.45) is 0.943. The molecule has 0 amide bonds. The lowest BCUT2D eigenvalue weighted by Crippen LogP contribution is -2.43. The molecule has 22 heavy (non-hydrogen) atoms. The van der Waals surface area contributed by atoms with Gasteiger partial charge >= 0.3 is 0 Å². The van der Waals surface area contributed by atoms with Crippen LogP contribution >= 0.6 is 0 Å². The lowest BCUT2D eigenvalue weighted by Gasteiger charge is -2.31. The molecule has 2 aromatic rings. The van der Waals surface area contributed by atoms with Crippen molar-refractivity contribution in [3.8, 4) is 0 Å². The largest absolute Gasteiger partial charge is 0.395 e. The van der Waals surface area contributed by atoms with Crippen molar-refractivity contribution in [2.45, 2.75) is 32.4 Å². The van der Waals surface area contributed by atoms with Crippen LogP contribution in [0.5, 0.6) is 0 Å². The summed E-state index contributed by atoms with van der Waals surface area (Å²) in [6, 6.07) is 19.2. The lowest BCUT2D eigenvalue weighted by molar-refractivity contribution is 0.265. The molecule has 0 radical (unpaired) electrons. The SMILES string of the molecule is CC(C)N(C[C@H](N)CO)c1ccc(Cc2ccccc2)cc1. The molecule has 0 aliphatic carbocycles. The predicted octanol–water partition coefficient (Wildman–Crippen LogP) is 2.81. The summed E-state index contributed by atoms with van der Waals surface area (Å²) in [4.78, 5) is 2.23. The molecule has 0 saturated heterocycles. The quantitative estimate of drug-likeness (QED) is 0.826. The molecule has 3 heteroatoms. The van der Waals surface area contributed by atoms with Crippen LogP contribution in [0.15, 0.2) is 54.6 Å². The van der Waals surface area contributed by atoms with Gasteiger partial charge < -0.3 is 15.7 Å². The molecule has 3 nitrogen and oxygen atoms in total. The fourth-order valence-electron chi connectivity index (χ4n) is 2.56. The third kappa shape index (κ3) is 4.58. The van der Waals surface area contributed by atoms with E-state index in [2.05, 4.69) is 67.3 Å². The number of nitrogens with zero attached hydrogens (tertiary/aromatic N) is 1. The first kappa shape index (κ1) is 16.5. The molecule has 2 rings (SSSR count). The molecular formula is C19H26N2O. The topological polar surface area (TPSA) is 49.5 Å². The van der Waals surface area contributed by atoms with Gasteiger partial charge in [0, 0.05) is 24.3 Å². The predicted molar refractivity (Wildman–Crippen MR) is 93.2 cm³/mol. The highest BCUT2D eigenvalue weighted by Gasteiger charge is 2.14. The molecule has 0 aliphatic rings. The maximum atomic E-state index is 9.17. The number of aliphatic hydroxyl groups is 1. The van der Waals surface area contributed by atoms with Crippen molar-refractivity contribution in [1.82, 2.24) is 0 Å². The van der Waals surface area contributed by atoms with Gasteiger partial charge in [0.05, 0.1) is 6.61 Å². The number of benzene rings is 2. The highest BCUT2D eigenvalue weighted by Crippen LogP contribution is 2.19. The van der Waals surface area contributed by atoms with Crippen LogP contribution in [0.1, 0.15) is 25.0 Å². The van der Waals surface area contributed by atoms with E-state index in [0.717, 1.165) is 12.1 Å². The molecule has 0 heterocycles. The molecular weight excluding hydrogens is 272 g/mol. The Hall–Kier alpha value is -1.84. The smallest absolute Gasteiger partial charge is 0.0599 e. The number of anilines is 1. The number of hydrogen-bond acceptors (Lipinski definition) is 3. The Morgan fingerprint density at radius 3 is 2.09 bits per heavy atom. The van der Waals surface area contributed by atoms with Crippen LogP contribution in [0.2, 0.25) is 0 Å². The van der Waals surface area contributed by atoms with Gasteiger partial charge in [0.25, 0.3) is 0 Å². The first-order chi connectivity index (χ1) is 10.6. The summed E-state index contributed by atoms with van der Waals surface area (Å²) in [7, 11) is 0. The third-order valence-electron chi connectivity index (χ3n) is 3.81. The third-order valence-corrected chi connectivity index (χ3v) is 3.81. The minimum Gasteiger partial charge on any atom is -0.395 e. The number of rotatable bonds is 7. The van der Waals surface area contributed by atoms with Crippen LogP contribution in [0.3, 0.4) is 0 Å². The number of nitrogens with two attached hydrogens (primary N) is 1. The van der Waals surface area contributed by atoms with E-state index >= 15 is 0 Å². The molecule has 1 atom stereocenters. The van der Waals surface area contributed by atoms with Crippen molar-refractivity contribution in [2.24, 2.45) is 5.73 Å². The minimum absolute atomic E-state index is 0.00924. The van der Waals surface area contributed by atoms with Gasteiger partial charge in [-0.2, -0.15) is 0 Å². The molecule has 3 N–H and O–H groups in total. The van der Waals surface area contributed by atoms with Gasteiger partial charge in [0.2, 0.25) is 0 Å². The van der Waals surface area contributed by atoms with Gasteiger partial charge in [-0.1, -0.05) is 42.5 Å². The van der Waals surface area contributed by atoms with Crippen molar-refractivity contribution in [3.05, 3.63) is 65.7 Å². The fraction of sp³-hybridized carbons (Fsp3) is 0.368. The van der Waals surface area contributed by atoms with E-state index in [1.807, 2.05) is 6.07 Å².